The van der Waals surface area contributed by atoms with Crippen molar-refractivity contribution >= 4 is 11.3 Å². The van der Waals surface area contributed by atoms with Crippen molar-refractivity contribution in [1.29, 1.82) is 0 Å². The van der Waals surface area contributed by atoms with Gasteiger partial charge in [0.1, 0.15) is 0 Å². The molecule has 4 heteroatoms. The van der Waals surface area contributed by atoms with Gasteiger partial charge in [-0.1, -0.05) is 0 Å². The Morgan fingerprint density at radius 2 is 2.60 bits per heavy atom. The Morgan fingerprint density at radius 1 is 1.73 bits per heavy atom. The number of nitrogens with zero attached hydrogens (tertiary/aromatic N) is 1. The van der Waals surface area contributed by atoms with E-state index in [-0.39, 0.29) is 0 Å². The van der Waals surface area contributed by atoms with Crippen LogP contribution < -0.4 is 5.32 Å². The lowest BCUT2D eigenvalue weighted by Crippen LogP contribution is -2.28. The molecule has 2 heterocycles. The molecule has 0 spiro atoms. The Balaban J connectivity index is 1.78. The summed E-state index contributed by atoms with van der Waals surface area (Å²) in [6.07, 6.45) is 3.53. The second kappa shape index (κ2) is 5.05. The highest BCUT2D eigenvalue weighted by Gasteiger charge is 2.24. The van der Waals surface area contributed by atoms with Gasteiger partial charge in [0.05, 0.1) is 11.6 Å². The van der Waals surface area contributed by atoms with Crippen LogP contribution >= 0.6 is 11.3 Å². The highest BCUT2D eigenvalue weighted by molar-refractivity contribution is 7.09. The summed E-state index contributed by atoms with van der Waals surface area (Å²) in [6, 6.07) is 0.408. The van der Waals surface area contributed by atoms with E-state index in [1.54, 1.807) is 11.3 Å². The molecule has 0 bridgehead atoms. The van der Waals surface area contributed by atoms with Crippen LogP contribution in [-0.4, -0.2) is 24.2 Å². The predicted octanol–water partition coefficient (Wildman–Crippen LogP) is 2.22. The molecule has 1 fully saturated rings. The van der Waals surface area contributed by atoms with Gasteiger partial charge in [-0.25, -0.2) is 0 Å². The Labute approximate surface area is 94.9 Å². The molecule has 0 aromatic carbocycles. The van der Waals surface area contributed by atoms with Crippen LogP contribution in [0.25, 0.3) is 0 Å². The van der Waals surface area contributed by atoms with Crippen LogP contribution in [0.2, 0.25) is 0 Å². The first-order valence-corrected chi connectivity index (χ1v) is 6.38. The van der Waals surface area contributed by atoms with Gasteiger partial charge in [-0.05, 0) is 26.2 Å². The predicted molar refractivity (Wildman–Crippen MR) is 62.1 cm³/mol. The molecule has 1 aliphatic rings. The topological polar surface area (TPSA) is 34.1 Å². The van der Waals surface area contributed by atoms with Gasteiger partial charge >= 0.3 is 0 Å². The van der Waals surface area contributed by atoms with Gasteiger partial charge in [0, 0.05) is 30.3 Å². The number of hydrogen-bond acceptors (Lipinski definition) is 4. The van der Waals surface area contributed by atoms with Crippen molar-refractivity contribution in [3.8, 4) is 0 Å². The van der Waals surface area contributed by atoms with Crippen molar-refractivity contribution in [2.24, 2.45) is 5.92 Å². The van der Waals surface area contributed by atoms with Gasteiger partial charge in [-0.2, -0.15) is 0 Å². The minimum absolute atomic E-state index is 0.408. The number of hydrogen-bond donors (Lipinski definition) is 1. The molecule has 1 N–H and O–H groups in total. The van der Waals surface area contributed by atoms with Crippen LogP contribution in [0, 0.1) is 5.92 Å². The molecule has 3 atom stereocenters. The number of aromatic nitrogens is 1. The Bertz CT molecular complexity index is 289. The summed E-state index contributed by atoms with van der Waals surface area (Å²) in [6.45, 7) is 6.31. The monoisotopic (exact) mass is 226 g/mol. The van der Waals surface area contributed by atoms with E-state index in [1.165, 1.54) is 11.3 Å². The molecule has 0 amide bonds. The summed E-state index contributed by atoms with van der Waals surface area (Å²) in [5, 5.41) is 3.55. The standard InChI is InChI=1S/C11H18N2OS/c1-8(11-6-12-7-15-11)13-5-10-3-4-14-9(10)2/h6-10,13H,3-5H2,1-2H3. The van der Waals surface area contributed by atoms with Crippen LogP contribution in [0.1, 0.15) is 31.2 Å². The van der Waals surface area contributed by atoms with Crippen molar-refractivity contribution < 1.29 is 4.74 Å². The number of thiazole rings is 1. The molecule has 15 heavy (non-hydrogen) atoms. The molecular weight excluding hydrogens is 208 g/mol. The second-order valence-corrected chi connectivity index (χ2v) is 5.08. The minimum atomic E-state index is 0.408. The quantitative estimate of drug-likeness (QED) is 0.855. The van der Waals surface area contributed by atoms with Crippen LogP contribution in [0.4, 0.5) is 0 Å². The largest absolute Gasteiger partial charge is 0.378 e. The number of ether oxygens (including phenoxy) is 1. The molecule has 0 aliphatic carbocycles. The van der Waals surface area contributed by atoms with E-state index < -0.39 is 0 Å². The van der Waals surface area contributed by atoms with Crippen LogP contribution in [0.5, 0.6) is 0 Å². The average Bonchev–Trinajstić information content (AvgIpc) is 2.85. The van der Waals surface area contributed by atoms with E-state index in [2.05, 4.69) is 24.1 Å². The minimum Gasteiger partial charge on any atom is -0.378 e. The van der Waals surface area contributed by atoms with Gasteiger partial charge in [0.2, 0.25) is 0 Å². The molecular formula is C11H18N2OS. The normalized spacial score (nSPS) is 28.1. The van der Waals surface area contributed by atoms with Crippen LogP contribution in [0.3, 0.4) is 0 Å². The van der Waals surface area contributed by atoms with Crippen molar-refractivity contribution in [3.05, 3.63) is 16.6 Å². The average molecular weight is 226 g/mol. The van der Waals surface area contributed by atoms with Crippen molar-refractivity contribution in [1.82, 2.24) is 10.3 Å². The summed E-state index contributed by atoms with van der Waals surface area (Å²) in [7, 11) is 0. The van der Waals surface area contributed by atoms with Crippen molar-refractivity contribution in [2.45, 2.75) is 32.4 Å². The van der Waals surface area contributed by atoms with E-state index >= 15 is 0 Å². The van der Waals surface area contributed by atoms with Crippen molar-refractivity contribution in [2.75, 3.05) is 13.2 Å². The van der Waals surface area contributed by atoms with Crippen LogP contribution in [0.15, 0.2) is 11.7 Å². The van der Waals surface area contributed by atoms with Crippen molar-refractivity contribution in [3.63, 3.8) is 0 Å². The maximum atomic E-state index is 5.54. The molecule has 2 rings (SSSR count). The third-order valence-electron chi connectivity index (χ3n) is 3.10. The zero-order valence-corrected chi connectivity index (χ0v) is 10.1. The second-order valence-electron chi connectivity index (χ2n) is 4.16. The summed E-state index contributed by atoms with van der Waals surface area (Å²) < 4.78 is 5.54. The summed E-state index contributed by atoms with van der Waals surface area (Å²) >= 11 is 1.71. The maximum Gasteiger partial charge on any atom is 0.0794 e. The third kappa shape index (κ3) is 2.77. The lowest BCUT2D eigenvalue weighted by Gasteiger charge is -2.18. The van der Waals surface area contributed by atoms with E-state index in [9.17, 15) is 0 Å². The molecule has 1 aromatic rings. The first-order chi connectivity index (χ1) is 7.27. The fraction of sp³-hybridized carbons (Fsp3) is 0.727. The van der Waals surface area contributed by atoms with E-state index in [1.807, 2.05) is 11.7 Å². The molecule has 1 aromatic heterocycles. The lowest BCUT2D eigenvalue weighted by molar-refractivity contribution is 0.105. The zero-order chi connectivity index (χ0) is 10.7. The summed E-state index contributed by atoms with van der Waals surface area (Å²) in [4.78, 5) is 5.40. The molecule has 3 unspecified atom stereocenters. The number of rotatable bonds is 4. The fourth-order valence-electron chi connectivity index (χ4n) is 1.91. The van der Waals surface area contributed by atoms with E-state index in [0.717, 1.165) is 13.2 Å². The van der Waals surface area contributed by atoms with E-state index in [4.69, 9.17) is 4.74 Å². The SMILES string of the molecule is CC(NCC1CCOC1C)c1cncs1. The Hall–Kier alpha value is -0.450. The highest BCUT2D eigenvalue weighted by atomic mass is 32.1. The summed E-state index contributed by atoms with van der Waals surface area (Å²) in [5.41, 5.74) is 1.88. The molecule has 0 radical (unpaired) electrons. The Kier molecular flexibility index (Phi) is 3.72. The van der Waals surface area contributed by atoms with Gasteiger partial charge in [-0.15, -0.1) is 11.3 Å². The smallest absolute Gasteiger partial charge is 0.0794 e. The first-order valence-electron chi connectivity index (χ1n) is 5.50. The maximum absolute atomic E-state index is 5.54. The van der Waals surface area contributed by atoms with Crippen LogP contribution in [-0.2, 0) is 4.74 Å². The molecule has 3 nitrogen and oxygen atoms in total. The zero-order valence-electron chi connectivity index (χ0n) is 9.27. The van der Waals surface area contributed by atoms with E-state index in [0.29, 0.717) is 18.1 Å². The number of nitrogens with one attached hydrogen (secondary N) is 1. The summed E-state index contributed by atoms with van der Waals surface area (Å²) in [5.74, 6) is 0.667. The molecule has 1 aliphatic heterocycles. The fourth-order valence-corrected chi connectivity index (χ4v) is 2.56. The van der Waals surface area contributed by atoms with Gasteiger partial charge in [0.15, 0.2) is 0 Å². The first kappa shape index (κ1) is 11.0. The third-order valence-corrected chi connectivity index (χ3v) is 4.06. The van der Waals surface area contributed by atoms with Gasteiger partial charge in [-0.3, -0.25) is 4.98 Å². The molecule has 84 valence electrons. The highest BCUT2D eigenvalue weighted by Crippen LogP contribution is 2.21. The molecule has 0 saturated carbocycles. The Morgan fingerprint density at radius 3 is 3.20 bits per heavy atom. The molecule has 1 saturated heterocycles. The van der Waals surface area contributed by atoms with Gasteiger partial charge in [0.25, 0.3) is 0 Å². The van der Waals surface area contributed by atoms with Gasteiger partial charge < -0.3 is 10.1 Å². The lowest BCUT2D eigenvalue weighted by atomic mass is 10.0.